The lowest BCUT2D eigenvalue weighted by Crippen LogP contribution is -2.20. The average Bonchev–Trinajstić information content (AvgIpc) is 2.39. The zero-order chi connectivity index (χ0) is 14.8. The summed E-state index contributed by atoms with van der Waals surface area (Å²) in [5.74, 6) is 0.212. The van der Waals surface area contributed by atoms with Gasteiger partial charge in [0, 0.05) is 24.4 Å². The Labute approximate surface area is 118 Å². The van der Waals surface area contributed by atoms with Crippen LogP contribution >= 0.6 is 0 Å². The summed E-state index contributed by atoms with van der Waals surface area (Å²) in [5, 5.41) is 5.82. The summed E-state index contributed by atoms with van der Waals surface area (Å²) in [6, 6.07) is 3.59. The van der Waals surface area contributed by atoms with Gasteiger partial charge in [0.15, 0.2) is 9.84 Å². The molecule has 1 amide bonds. The maximum atomic E-state index is 11.4. The fourth-order valence-electron chi connectivity index (χ4n) is 2.08. The standard InChI is InChI=1S/C13H19N3O3S/c1-2-20(18,19)6-5-15-12-7-9-3-4-13(17)16-11(9)8-10(12)14/h7-8,15H,2-6,14H2,1H3,(H,16,17). The molecule has 0 fully saturated rings. The second-order valence-electron chi connectivity index (χ2n) is 4.81. The molecule has 0 aliphatic carbocycles. The minimum atomic E-state index is -2.99. The molecule has 0 bridgehead atoms. The largest absolute Gasteiger partial charge is 0.397 e. The van der Waals surface area contributed by atoms with Crippen molar-refractivity contribution in [3.63, 3.8) is 0 Å². The molecule has 20 heavy (non-hydrogen) atoms. The third-order valence-corrected chi connectivity index (χ3v) is 5.04. The molecular weight excluding hydrogens is 278 g/mol. The van der Waals surface area contributed by atoms with Crippen LogP contribution in [0.25, 0.3) is 0 Å². The van der Waals surface area contributed by atoms with E-state index in [-0.39, 0.29) is 17.4 Å². The number of aryl methyl sites for hydroxylation is 1. The molecule has 0 saturated carbocycles. The molecule has 1 aliphatic heterocycles. The Morgan fingerprint density at radius 3 is 2.80 bits per heavy atom. The van der Waals surface area contributed by atoms with Crippen molar-refractivity contribution < 1.29 is 13.2 Å². The minimum absolute atomic E-state index is 0.00773. The quantitative estimate of drug-likeness (QED) is 0.704. The predicted molar refractivity (Wildman–Crippen MR) is 80.6 cm³/mol. The molecule has 0 spiro atoms. The van der Waals surface area contributed by atoms with Crippen LogP contribution in [0.4, 0.5) is 17.1 Å². The van der Waals surface area contributed by atoms with Gasteiger partial charge in [-0.3, -0.25) is 4.79 Å². The molecule has 0 atom stereocenters. The van der Waals surface area contributed by atoms with E-state index >= 15 is 0 Å². The van der Waals surface area contributed by atoms with E-state index in [9.17, 15) is 13.2 Å². The number of nitrogens with two attached hydrogens (primary N) is 1. The van der Waals surface area contributed by atoms with Crippen LogP contribution in [0.2, 0.25) is 0 Å². The third-order valence-electron chi connectivity index (χ3n) is 3.34. The van der Waals surface area contributed by atoms with Crippen molar-refractivity contribution in [1.29, 1.82) is 0 Å². The summed E-state index contributed by atoms with van der Waals surface area (Å²) in [6.07, 6.45) is 1.13. The molecule has 0 saturated heterocycles. The lowest BCUT2D eigenvalue weighted by atomic mass is 10.0. The molecule has 0 radical (unpaired) electrons. The van der Waals surface area contributed by atoms with Gasteiger partial charge in [0.05, 0.1) is 17.1 Å². The molecule has 1 heterocycles. The second kappa shape index (κ2) is 5.70. The number of fused-ring (bicyclic) bond motifs is 1. The van der Waals surface area contributed by atoms with E-state index in [4.69, 9.17) is 5.73 Å². The van der Waals surface area contributed by atoms with Gasteiger partial charge in [0.2, 0.25) is 5.91 Å². The number of sulfone groups is 1. The Kier molecular flexibility index (Phi) is 4.17. The predicted octanol–water partition coefficient (Wildman–Crippen LogP) is 1.00. The zero-order valence-corrected chi connectivity index (χ0v) is 12.2. The van der Waals surface area contributed by atoms with Crippen LogP contribution in [0.5, 0.6) is 0 Å². The summed E-state index contributed by atoms with van der Waals surface area (Å²) in [5.41, 5.74) is 8.88. The second-order valence-corrected chi connectivity index (χ2v) is 7.28. The summed E-state index contributed by atoms with van der Waals surface area (Å²) >= 11 is 0. The van der Waals surface area contributed by atoms with E-state index in [1.54, 1.807) is 13.0 Å². The smallest absolute Gasteiger partial charge is 0.224 e. The van der Waals surface area contributed by atoms with Crippen LogP contribution in [0.1, 0.15) is 18.9 Å². The average molecular weight is 297 g/mol. The van der Waals surface area contributed by atoms with Crippen molar-refractivity contribution in [2.24, 2.45) is 0 Å². The summed E-state index contributed by atoms with van der Waals surface area (Å²) in [4.78, 5) is 11.3. The van der Waals surface area contributed by atoms with Crippen LogP contribution < -0.4 is 16.4 Å². The molecule has 4 N–H and O–H groups in total. The zero-order valence-electron chi connectivity index (χ0n) is 11.4. The Balaban J connectivity index is 2.08. The number of carbonyl (C=O) groups is 1. The fourth-order valence-corrected chi connectivity index (χ4v) is 2.79. The fraction of sp³-hybridized carbons (Fsp3) is 0.462. The number of hydrogen-bond acceptors (Lipinski definition) is 5. The van der Waals surface area contributed by atoms with Crippen molar-refractivity contribution in [1.82, 2.24) is 0 Å². The van der Waals surface area contributed by atoms with Gasteiger partial charge in [0.25, 0.3) is 0 Å². The molecule has 1 aromatic rings. The number of hydrogen-bond donors (Lipinski definition) is 3. The van der Waals surface area contributed by atoms with Crippen LogP contribution in [0.15, 0.2) is 12.1 Å². The summed E-state index contributed by atoms with van der Waals surface area (Å²) < 4.78 is 22.8. The molecule has 7 heteroatoms. The van der Waals surface area contributed by atoms with Crippen LogP contribution in [-0.2, 0) is 21.1 Å². The van der Waals surface area contributed by atoms with Crippen molar-refractivity contribution in [3.05, 3.63) is 17.7 Å². The Morgan fingerprint density at radius 1 is 1.35 bits per heavy atom. The number of benzene rings is 1. The van der Waals surface area contributed by atoms with Gasteiger partial charge in [-0.05, 0) is 24.1 Å². The number of amides is 1. The first-order valence-electron chi connectivity index (χ1n) is 6.58. The molecule has 1 aromatic carbocycles. The topological polar surface area (TPSA) is 101 Å². The van der Waals surface area contributed by atoms with Crippen molar-refractivity contribution in [2.75, 3.05) is 34.4 Å². The first kappa shape index (κ1) is 14.6. The van der Waals surface area contributed by atoms with Gasteiger partial charge < -0.3 is 16.4 Å². The van der Waals surface area contributed by atoms with E-state index in [0.717, 1.165) is 11.3 Å². The Morgan fingerprint density at radius 2 is 2.10 bits per heavy atom. The van der Waals surface area contributed by atoms with Gasteiger partial charge >= 0.3 is 0 Å². The third kappa shape index (κ3) is 3.41. The molecule has 110 valence electrons. The minimum Gasteiger partial charge on any atom is -0.397 e. The van der Waals surface area contributed by atoms with Gasteiger partial charge in [-0.15, -0.1) is 0 Å². The lowest BCUT2D eigenvalue weighted by Gasteiger charge is -2.19. The molecule has 0 aromatic heterocycles. The van der Waals surface area contributed by atoms with E-state index in [2.05, 4.69) is 10.6 Å². The van der Waals surface area contributed by atoms with Crippen molar-refractivity contribution in [3.8, 4) is 0 Å². The molecule has 2 rings (SSSR count). The van der Waals surface area contributed by atoms with Gasteiger partial charge in [-0.1, -0.05) is 6.92 Å². The SMILES string of the molecule is CCS(=O)(=O)CCNc1cc2c(cc1N)NC(=O)CC2. The highest BCUT2D eigenvalue weighted by molar-refractivity contribution is 7.91. The highest BCUT2D eigenvalue weighted by atomic mass is 32.2. The van der Waals surface area contributed by atoms with Gasteiger partial charge in [-0.25, -0.2) is 8.42 Å². The van der Waals surface area contributed by atoms with Crippen LogP contribution in [0.3, 0.4) is 0 Å². The monoisotopic (exact) mass is 297 g/mol. The lowest BCUT2D eigenvalue weighted by molar-refractivity contribution is -0.116. The first-order valence-corrected chi connectivity index (χ1v) is 8.40. The van der Waals surface area contributed by atoms with Crippen molar-refractivity contribution >= 4 is 32.8 Å². The molecule has 6 nitrogen and oxygen atoms in total. The molecule has 1 aliphatic rings. The van der Waals surface area contributed by atoms with Crippen molar-refractivity contribution in [2.45, 2.75) is 19.8 Å². The van der Waals surface area contributed by atoms with Crippen LogP contribution in [-0.4, -0.2) is 32.4 Å². The van der Waals surface area contributed by atoms with Gasteiger partial charge in [0.1, 0.15) is 0 Å². The number of nitrogens with one attached hydrogen (secondary N) is 2. The van der Waals surface area contributed by atoms with E-state index < -0.39 is 9.84 Å². The Bertz CT molecular complexity index is 626. The summed E-state index contributed by atoms with van der Waals surface area (Å²) in [6.45, 7) is 1.96. The molecular formula is C13H19N3O3S. The highest BCUT2D eigenvalue weighted by Crippen LogP contribution is 2.30. The maximum absolute atomic E-state index is 11.4. The first-order chi connectivity index (χ1) is 9.41. The normalized spacial score (nSPS) is 14.6. The van der Waals surface area contributed by atoms with E-state index in [1.165, 1.54) is 0 Å². The highest BCUT2D eigenvalue weighted by Gasteiger charge is 2.16. The van der Waals surface area contributed by atoms with E-state index in [1.807, 2.05) is 6.07 Å². The molecule has 0 unspecified atom stereocenters. The summed E-state index contributed by atoms with van der Waals surface area (Å²) in [7, 11) is -2.99. The Hall–Kier alpha value is -1.76. The van der Waals surface area contributed by atoms with Gasteiger partial charge in [-0.2, -0.15) is 0 Å². The van der Waals surface area contributed by atoms with Crippen LogP contribution in [0, 0.1) is 0 Å². The number of nitrogen functional groups attached to an aromatic ring is 1. The number of anilines is 3. The number of carbonyl (C=O) groups excluding carboxylic acids is 1. The van der Waals surface area contributed by atoms with E-state index in [0.29, 0.717) is 30.8 Å². The maximum Gasteiger partial charge on any atom is 0.224 e. The number of rotatable bonds is 5.